The Kier molecular flexibility index (Phi) is 3.35. The summed E-state index contributed by atoms with van der Waals surface area (Å²) < 4.78 is 4.74. The monoisotopic (exact) mass is 209 g/mol. The second kappa shape index (κ2) is 4.35. The molecule has 0 aromatic carbocycles. The fraction of sp³-hybridized carbons (Fsp3) is 0.636. The first-order valence-electron chi connectivity index (χ1n) is 4.94. The molecule has 0 radical (unpaired) electrons. The topological polar surface area (TPSA) is 46.6 Å². The quantitative estimate of drug-likeness (QED) is 0.504. The maximum absolute atomic E-state index is 11.7. The molecular formula is C11H15NO3. The number of terminal acetylenes is 1. The van der Waals surface area contributed by atoms with E-state index in [2.05, 4.69) is 5.92 Å². The lowest BCUT2D eigenvalue weighted by Crippen LogP contribution is -2.52. The van der Waals surface area contributed by atoms with E-state index in [9.17, 15) is 9.59 Å². The van der Waals surface area contributed by atoms with Crippen LogP contribution in [0.15, 0.2) is 0 Å². The Hall–Kier alpha value is -1.50. The molecular weight excluding hydrogens is 194 g/mol. The molecule has 1 fully saturated rings. The summed E-state index contributed by atoms with van der Waals surface area (Å²) >= 11 is 0. The van der Waals surface area contributed by atoms with Crippen LogP contribution in [0.5, 0.6) is 0 Å². The van der Waals surface area contributed by atoms with Gasteiger partial charge in [0.2, 0.25) is 5.91 Å². The molecule has 0 spiro atoms. The van der Waals surface area contributed by atoms with Gasteiger partial charge in [-0.15, -0.1) is 12.3 Å². The molecule has 1 aliphatic heterocycles. The number of hydrogen-bond acceptors (Lipinski definition) is 3. The van der Waals surface area contributed by atoms with E-state index < -0.39 is 11.5 Å². The number of nitrogens with zero attached hydrogens (tertiary/aromatic N) is 1. The summed E-state index contributed by atoms with van der Waals surface area (Å²) in [5, 5.41) is 0. The van der Waals surface area contributed by atoms with Crippen LogP contribution >= 0.6 is 0 Å². The van der Waals surface area contributed by atoms with Gasteiger partial charge in [-0.1, -0.05) is 0 Å². The lowest BCUT2D eigenvalue weighted by atomic mass is 9.92. The highest BCUT2D eigenvalue weighted by Gasteiger charge is 2.50. The largest absolute Gasteiger partial charge is 0.467 e. The Morgan fingerprint density at radius 2 is 2.40 bits per heavy atom. The average molecular weight is 209 g/mol. The number of likely N-dealkylation sites (N-methyl/N-ethyl adjacent to an activating group) is 1. The minimum atomic E-state index is -0.921. The van der Waals surface area contributed by atoms with Crippen LogP contribution in [-0.2, 0) is 14.3 Å². The maximum Gasteiger partial charge on any atom is 0.332 e. The summed E-state index contributed by atoms with van der Waals surface area (Å²) in [4.78, 5) is 24.8. The number of likely N-dealkylation sites (tertiary alicyclic amines) is 1. The normalized spacial score (nSPS) is 25.1. The Labute approximate surface area is 89.6 Å². The Morgan fingerprint density at radius 1 is 1.73 bits per heavy atom. The van der Waals surface area contributed by atoms with Gasteiger partial charge in [0, 0.05) is 19.4 Å². The highest BCUT2D eigenvalue weighted by molar-refractivity contribution is 5.92. The molecule has 1 atom stereocenters. The van der Waals surface area contributed by atoms with Crippen molar-refractivity contribution in [3.05, 3.63) is 0 Å². The van der Waals surface area contributed by atoms with Crippen LogP contribution < -0.4 is 0 Å². The second-order valence-electron chi connectivity index (χ2n) is 3.54. The van der Waals surface area contributed by atoms with Crippen LogP contribution in [0.25, 0.3) is 0 Å². The first kappa shape index (κ1) is 11.6. The number of ether oxygens (including phenoxy) is 1. The molecule has 0 saturated carbocycles. The summed E-state index contributed by atoms with van der Waals surface area (Å²) in [6, 6.07) is 0. The number of esters is 1. The molecule has 0 N–H and O–H groups in total. The Morgan fingerprint density at radius 3 is 2.87 bits per heavy atom. The fourth-order valence-corrected chi connectivity index (χ4v) is 2.13. The molecule has 4 heteroatoms. The van der Waals surface area contributed by atoms with Gasteiger partial charge in [0.1, 0.15) is 0 Å². The highest BCUT2D eigenvalue weighted by atomic mass is 16.5. The van der Waals surface area contributed by atoms with Crippen LogP contribution in [0, 0.1) is 12.3 Å². The van der Waals surface area contributed by atoms with Gasteiger partial charge >= 0.3 is 5.97 Å². The van der Waals surface area contributed by atoms with E-state index in [1.807, 2.05) is 6.92 Å². The standard InChI is InChI=1S/C11H15NO3/c1-4-7-11(10(14)15-3)8-6-9(13)12(11)5-2/h1H,5-8H2,2-3H3. The molecule has 4 nitrogen and oxygen atoms in total. The van der Waals surface area contributed by atoms with Crippen molar-refractivity contribution in [2.24, 2.45) is 0 Å². The third-order valence-electron chi connectivity index (χ3n) is 2.85. The number of carbonyl (C=O) groups excluding carboxylic acids is 2. The van der Waals surface area contributed by atoms with Gasteiger partial charge in [-0.3, -0.25) is 4.79 Å². The van der Waals surface area contributed by atoms with Crippen LogP contribution in [-0.4, -0.2) is 36.0 Å². The first-order chi connectivity index (χ1) is 7.12. The molecule has 0 aliphatic carbocycles. The Balaban J connectivity index is 3.06. The SMILES string of the molecule is C#CCC1(C(=O)OC)CCC(=O)N1CC. The van der Waals surface area contributed by atoms with Crippen molar-refractivity contribution < 1.29 is 14.3 Å². The second-order valence-corrected chi connectivity index (χ2v) is 3.54. The Bertz CT molecular complexity index is 318. The van der Waals surface area contributed by atoms with Gasteiger partial charge < -0.3 is 9.64 Å². The van der Waals surface area contributed by atoms with Crippen molar-refractivity contribution in [3.8, 4) is 12.3 Å². The maximum atomic E-state index is 11.7. The van der Waals surface area contributed by atoms with Gasteiger partial charge in [0.05, 0.1) is 7.11 Å². The van der Waals surface area contributed by atoms with Crippen LogP contribution in [0.4, 0.5) is 0 Å². The molecule has 1 rings (SSSR count). The van der Waals surface area contributed by atoms with E-state index in [1.54, 1.807) is 0 Å². The van der Waals surface area contributed by atoms with E-state index >= 15 is 0 Å². The molecule has 82 valence electrons. The van der Waals surface area contributed by atoms with E-state index in [0.29, 0.717) is 19.4 Å². The minimum Gasteiger partial charge on any atom is -0.467 e. The smallest absolute Gasteiger partial charge is 0.332 e. The zero-order valence-electron chi connectivity index (χ0n) is 9.08. The van der Waals surface area contributed by atoms with Crippen molar-refractivity contribution in [1.29, 1.82) is 0 Å². The molecule has 1 aliphatic rings. The summed E-state index contributed by atoms with van der Waals surface area (Å²) in [5.74, 6) is 2.02. The third kappa shape index (κ3) is 1.70. The predicted molar refractivity (Wildman–Crippen MR) is 54.8 cm³/mol. The van der Waals surface area contributed by atoms with Crippen molar-refractivity contribution in [1.82, 2.24) is 4.90 Å². The van der Waals surface area contributed by atoms with Crippen LogP contribution in [0.1, 0.15) is 26.2 Å². The van der Waals surface area contributed by atoms with Gasteiger partial charge in [-0.2, -0.15) is 0 Å². The molecule has 1 heterocycles. The van der Waals surface area contributed by atoms with E-state index in [-0.39, 0.29) is 12.3 Å². The number of methoxy groups -OCH3 is 1. The van der Waals surface area contributed by atoms with Crippen molar-refractivity contribution >= 4 is 11.9 Å². The summed E-state index contributed by atoms with van der Waals surface area (Å²) in [6.07, 6.45) is 6.29. The minimum absolute atomic E-state index is 0.0295. The van der Waals surface area contributed by atoms with Gasteiger partial charge in [0.25, 0.3) is 0 Å². The summed E-state index contributed by atoms with van der Waals surface area (Å²) in [5.41, 5.74) is -0.921. The third-order valence-corrected chi connectivity index (χ3v) is 2.85. The van der Waals surface area contributed by atoms with Crippen LogP contribution in [0.2, 0.25) is 0 Å². The summed E-state index contributed by atoms with van der Waals surface area (Å²) in [6.45, 7) is 2.31. The van der Waals surface area contributed by atoms with Gasteiger partial charge in [-0.05, 0) is 13.3 Å². The zero-order chi connectivity index (χ0) is 11.5. The average Bonchev–Trinajstić information content (AvgIpc) is 2.56. The lowest BCUT2D eigenvalue weighted by molar-refractivity contribution is -0.156. The fourth-order valence-electron chi connectivity index (χ4n) is 2.13. The number of carbonyl (C=O) groups is 2. The molecule has 0 aromatic heterocycles. The molecule has 0 bridgehead atoms. The number of amides is 1. The van der Waals surface area contributed by atoms with E-state index in [0.717, 1.165) is 0 Å². The number of rotatable bonds is 3. The predicted octanol–water partition coefficient (Wildman–Crippen LogP) is 0.564. The molecule has 1 amide bonds. The van der Waals surface area contributed by atoms with Crippen molar-refractivity contribution in [2.75, 3.05) is 13.7 Å². The molecule has 15 heavy (non-hydrogen) atoms. The van der Waals surface area contributed by atoms with Crippen molar-refractivity contribution in [3.63, 3.8) is 0 Å². The first-order valence-corrected chi connectivity index (χ1v) is 4.94. The molecule has 1 saturated heterocycles. The van der Waals surface area contributed by atoms with E-state index in [4.69, 9.17) is 11.2 Å². The van der Waals surface area contributed by atoms with Crippen molar-refractivity contribution in [2.45, 2.75) is 31.7 Å². The highest BCUT2D eigenvalue weighted by Crippen LogP contribution is 2.34. The molecule has 0 aromatic rings. The zero-order valence-corrected chi connectivity index (χ0v) is 9.08. The van der Waals surface area contributed by atoms with Crippen LogP contribution in [0.3, 0.4) is 0 Å². The molecule has 1 unspecified atom stereocenters. The van der Waals surface area contributed by atoms with Gasteiger partial charge in [-0.25, -0.2) is 4.79 Å². The number of hydrogen-bond donors (Lipinski definition) is 0. The lowest BCUT2D eigenvalue weighted by Gasteiger charge is -2.33. The van der Waals surface area contributed by atoms with Gasteiger partial charge in [0.15, 0.2) is 5.54 Å². The van der Waals surface area contributed by atoms with E-state index in [1.165, 1.54) is 12.0 Å². The summed E-state index contributed by atoms with van der Waals surface area (Å²) in [7, 11) is 1.32.